The van der Waals surface area contributed by atoms with E-state index in [1.807, 2.05) is 44.0 Å². The van der Waals surface area contributed by atoms with Crippen molar-refractivity contribution in [1.29, 1.82) is 0 Å². The number of fused-ring (bicyclic) bond motifs is 1. The van der Waals surface area contributed by atoms with E-state index in [0.717, 1.165) is 5.57 Å². The number of nitrogens with one attached hydrogen (secondary N) is 1. The highest BCUT2D eigenvalue weighted by Crippen LogP contribution is 2.26. The molecule has 0 aliphatic carbocycles. The molecule has 1 atom stereocenters. The van der Waals surface area contributed by atoms with Gasteiger partial charge in [0.15, 0.2) is 11.6 Å². The molecule has 1 N–H and O–H groups in total. The zero-order valence-electron chi connectivity index (χ0n) is 16.1. The molecule has 27 heavy (non-hydrogen) atoms. The van der Waals surface area contributed by atoms with Crippen LogP contribution >= 0.6 is 0 Å². The normalized spacial score (nSPS) is 18.7. The second kappa shape index (κ2) is 7.48. The first kappa shape index (κ1) is 19.0. The first-order valence-electron chi connectivity index (χ1n) is 8.89. The van der Waals surface area contributed by atoms with Gasteiger partial charge in [-0.15, -0.1) is 5.10 Å². The summed E-state index contributed by atoms with van der Waals surface area (Å²) in [5.74, 6) is -0.0425. The molecule has 3 heterocycles. The minimum Gasteiger partial charge on any atom is -0.383 e. The van der Waals surface area contributed by atoms with Crippen LogP contribution in [0, 0.1) is 5.41 Å². The summed E-state index contributed by atoms with van der Waals surface area (Å²) < 4.78 is 6.58. The number of rotatable bonds is 7. The molecule has 144 valence electrons. The Morgan fingerprint density at radius 1 is 1.30 bits per heavy atom. The van der Waals surface area contributed by atoms with Crippen molar-refractivity contribution in [2.45, 2.75) is 39.9 Å². The van der Waals surface area contributed by atoms with Crippen molar-refractivity contribution in [1.82, 2.24) is 25.2 Å². The molecule has 0 saturated carbocycles. The number of hydrogen-bond donors (Lipinski definition) is 1. The topological polar surface area (TPSA) is 89.4 Å². The number of hydrogen-bond acceptors (Lipinski definition) is 7. The Kier molecular flexibility index (Phi) is 5.27. The lowest BCUT2D eigenvalue weighted by Gasteiger charge is -2.24. The molecule has 1 aromatic rings. The summed E-state index contributed by atoms with van der Waals surface area (Å²) in [6.45, 7) is 6.74. The molecule has 0 spiro atoms. The molecule has 0 amide bonds. The van der Waals surface area contributed by atoms with Crippen LogP contribution in [0.15, 0.2) is 42.0 Å². The Morgan fingerprint density at radius 3 is 2.78 bits per heavy atom. The van der Waals surface area contributed by atoms with Gasteiger partial charge in [-0.2, -0.15) is 0 Å². The van der Waals surface area contributed by atoms with Gasteiger partial charge in [0.1, 0.15) is 11.9 Å². The van der Waals surface area contributed by atoms with Crippen molar-refractivity contribution in [3.8, 4) is 0 Å². The average Bonchev–Trinajstić information content (AvgIpc) is 3.24. The predicted octanol–water partition coefficient (Wildman–Crippen LogP) is 1.64. The molecule has 0 aromatic carbocycles. The summed E-state index contributed by atoms with van der Waals surface area (Å²) in [6.07, 6.45) is 9.28. The van der Waals surface area contributed by atoms with Crippen molar-refractivity contribution in [3.05, 3.63) is 47.7 Å². The van der Waals surface area contributed by atoms with Gasteiger partial charge < -0.3 is 15.0 Å². The highest BCUT2D eigenvalue weighted by atomic mass is 16.5. The van der Waals surface area contributed by atoms with Gasteiger partial charge in [-0.05, 0) is 11.6 Å². The Labute approximate surface area is 158 Å². The number of nitrogens with zero attached hydrogens (tertiary/aromatic N) is 4. The summed E-state index contributed by atoms with van der Waals surface area (Å²) in [5.41, 5.74) is 1.32. The van der Waals surface area contributed by atoms with Gasteiger partial charge in [0.25, 0.3) is 0 Å². The molecular formula is C19H25N5O3. The fourth-order valence-electron chi connectivity index (χ4n) is 2.84. The second-order valence-electron chi connectivity index (χ2n) is 7.68. The van der Waals surface area contributed by atoms with Crippen molar-refractivity contribution in [2.75, 3.05) is 13.7 Å². The molecule has 8 heteroatoms. The molecule has 1 unspecified atom stereocenters. The molecule has 0 radical (unpaired) electrons. The monoisotopic (exact) mass is 371 g/mol. The quantitative estimate of drug-likeness (QED) is 0.729. The number of carbonyl (C=O) groups excluding carboxylic acids is 2. The van der Waals surface area contributed by atoms with Gasteiger partial charge in [0.05, 0.1) is 25.0 Å². The highest BCUT2D eigenvalue weighted by Gasteiger charge is 2.32. The lowest BCUT2D eigenvalue weighted by atomic mass is 9.89. The molecule has 0 bridgehead atoms. The number of ether oxygens (including phenoxy) is 1. The third-order valence-electron chi connectivity index (χ3n) is 4.35. The number of methoxy groups -OCH3 is 1. The molecule has 2 aliphatic rings. The fourth-order valence-corrected chi connectivity index (χ4v) is 2.84. The van der Waals surface area contributed by atoms with Gasteiger partial charge in [-0.25, -0.2) is 4.68 Å². The molecular weight excluding hydrogens is 346 g/mol. The van der Waals surface area contributed by atoms with Gasteiger partial charge in [-0.3, -0.25) is 9.59 Å². The van der Waals surface area contributed by atoms with E-state index in [9.17, 15) is 9.59 Å². The molecule has 8 nitrogen and oxygen atoms in total. The summed E-state index contributed by atoms with van der Waals surface area (Å²) in [4.78, 5) is 26.8. The van der Waals surface area contributed by atoms with Crippen LogP contribution in [0.5, 0.6) is 0 Å². The highest BCUT2D eigenvalue weighted by molar-refractivity contribution is 5.99. The summed E-state index contributed by atoms with van der Waals surface area (Å²) >= 11 is 0. The van der Waals surface area contributed by atoms with E-state index >= 15 is 0 Å². The Balaban J connectivity index is 1.66. The summed E-state index contributed by atoms with van der Waals surface area (Å²) in [6, 6.07) is 0. The van der Waals surface area contributed by atoms with Gasteiger partial charge in [-0.1, -0.05) is 32.1 Å². The lowest BCUT2D eigenvalue weighted by molar-refractivity contribution is -0.122. The fraction of sp³-hybridized carbons (Fsp3) is 0.474. The molecule has 2 aliphatic heterocycles. The maximum Gasteiger partial charge on any atom is 0.189 e. The van der Waals surface area contributed by atoms with Crippen LogP contribution in [-0.4, -0.2) is 51.3 Å². The van der Waals surface area contributed by atoms with Crippen molar-refractivity contribution in [2.24, 2.45) is 5.41 Å². The van der Waals surface area contributed by atoms with Gasteiger partial charge >= 0.3 is 0 Å². The van der Waals surface area contributed by atoms with Crippen molar-refractivity contribution < 1.29 is 14.3 Å². The molecule has 1 aromatic heterocycles. The number of Topliss-reactive ketones (excluding diaryl/α,β-unsaturated/α-hetero) is 2. The van der Waals surface area contributed by atoms with Crippen molar-refractivity contribution >= 4 is 11.6 Å². The van der Waals surface area contributed by atoms with E-state index in [-0.39, 0.29) is 24.2 Å². The first-order chi connectivity index (χ1) is 12.8. The molecule has 0 saturated heterocycles. The summed E-state index contributed by atoms with van der Waals surface area (Å²) in [7, 11) is 1.61. The minimum absolute atomic E-state index is 0.0593. The van der Waals surface area contributed by atoms with Gasteiger partial charge in [0.2, 0.25) is 0 Å². The third-order valence-corrected chi connectivity index (χ3v) is 4.35. The Morgan fingerprint density at radius 2 is 2.07 bits per heavy atom. The van der Waals surface area contributed by atoms with E-state index < -0.39 is 5.41 Å². The van der Waals surface area contributed by atoms with Crippen LogP contribution in [0.25, 0.3) is 0 Å². The predicted molar refractivity (Wildman–Crippen MR) is 99.4 cm³/mol. The SMILES string of the molecule is COCCn1cc(C(=O)CC2=CN3C=C(C(=O)C(C)(C)C)NC3C=C2)nn1. The largest absolute Gasteiger partial charge is 0.383 e. The van der Waals surface area contributed by atoms with Crippen molar-refractivity contribution in [3.63, 3.8) is 0 Å². The van der Waals surface area contributed by atoms with E-state index in [4.69, 9.17) is 4.74 Å². The number of allylic oxidation sites excluding steroid dienone is 3. The zero-order chi connectivity index (χ0) is 19.6. The standard InChI is InChI=1S/C19H25N5O3/c1-19(2,3)18(26)15-11-23-10-13(5-6-17(23)20-15)9-16(25)14-12-24(22-21-14)7-8-27-4/h5-6,10-12,17,20H,7-9H2,1-4H3. The van der Waals surface area contributed by atoms with Crippen LogP contribution in [0.2, 0.25) is 0 Å². The van der Waals surface area contributed by atoms with E-state index in [1.54, 1.807) is 24.2 Å². The molecule has 3 rings (SSSR count). The number of carbonyl (C=O) groups is 2. The molecule has 0 fully saturated rings. The third kappa shape index (κ3) is 4.33. The van der Waals surface area contributed by atoms with Crippen LogP contribution in [0.1, 0.15) is 37.7 Å². The average molecular weight is 371 g/mol. The maximum absolute atomic E-state index is 12.5. The maximum atomic E-state index is 12.5. The van der Waals surface area contributed by atoms with E-state index in [2.05, 4.69) is 15.6 Å². The Bertz CT molecular complexity index is 829. The number of aromatic nitrogens is 3. The lowest BCUT2D eigenvalue weighted by Crippen LogP contribution is -2.36. The smallest absolute Gasteiger partial charge is 0.189 e. The summed E-state index contributed by atoms with van der Waals surface area (Å²) in [5, 5.41) is 11.1. The first-order valence-corrected chi connectivity index (χ1v) is 8.89. The van der Waals surface area contributed by atoms with E-state index in [0.29, 0.717) is 24.5 Å². The van der Waals surface area contributed by atoms with Crippen LogP contribution in [0.4, 0.5) is 0 Å². The van der Waals surface area contributed by atoms with Crippen LogP contribution in [-0.2, 0) is 16.1 Å². The van der Waals surface area contributed by atoms with E-state index in [1.165, 1.54) is 0 Å². The zero-order valence-corrected chi connectivity index (χ0v) is 16.1. The number of ketones is 2. The Hall–Kier alpha value is -2.74. The minimum atomic E-state index is -0.450. The van der Waals surface area contributed by atoms with Crippen LogP contribution in [0.3, 0.4) is 0 Å². The van der Waals surface area contributed by atoms with Crippen LogP contribution < -0.4 is 5.32 Å². The second-order valence-corrected chi connectivity index (χ2v) is 7.68. The van der Waals surface area contributed by atoms with Gasteiger partial charge in [0, 0.05) is 31.3 Å².